The predicted molar refractivity (Wildman–Crippen MR) is 127 cm³/mol. The Hall–Kier alpha value is -3.55. The van der Waals surface area contributed by atoms with Gasteiger partial charge in [-0.25, -0.2) is 0 Å². The highest BCUT2D eigenvalue weighted by Gasteiger charge is 2.22. The summed E-state index contributed by atoms with van der Waals surface area (Å²) in [5.41, 5.74) is 4.20. The second kappa shape index (κ2) is 6.76. The third-order valence-corrected chi connectivity index (χ3v) is 5.95. The normalized spacial score (nSPS) is 11.5. The number of fused-ring (bicyclic) bond motifs is 6. The van der Waals surface area contributed by atoms with Crippen LogP contribution in [0.15, 0.2) is 108 Å². The fourth-order valence-electron chi connectivity index (χ4n) is 4.43. The van der Waals surface area contributed by atoms with Crippen LogP contribution in [0, 0.1) is 0 Å². The molecular weight excluding hydrogens is 388 g/mol. The zero-order valence-corrected chi connectivity index (χ0v) is 16.9. The summed E-state index contributed by atoms with van der Waals surface area (Å²) in [7, 11) is 0. The fourth-order valence-corrected chi connectivity index (χ4v) is 4.60. The van der Waals surface area contributed by atoms with Gasteiger partial charge < -0.3 is 4.42 Å². The summed E-state index contributed by atoms with van der Waals surface area (Å²) >= 11 is 6.46. The van der Waals surface area contributed by atoms with E-state index in [-0.39, 0.29) is 0 Å². The molecule has 5 aromatic carbocycles. The zero-order valence-electron chi connectivity index (χ0n) is 16.1. The summed E-state index contributed by atoms with van der Waals surface area (Å²) < 4.78 is 6.66. The van der Waals surface area contributed by atoms with E-state index in [0.717, 1.165) is 49.2 Å². The molecule has 0 saturated heterocycles. The molecule has 0 fully saturated rings. The van der Waals surface area contributed by atoms with Crippen LogP contribution in [-0.2, 0) is 0 Å². The van der Waals surface area contributed by atoms with Crippen LogP contribution in [0.3, 0.4) is 0 Å². The lowest BCUT2D eigenvalue weighted by atomic mass is 9.92. The van der Waals surface area contributed by atoms with Crippen molar-refractivity contribution in [3.63, 3.8) is 0 Å². The molecule has 0 N–H and O–H groups in total. The van der Waals surface area contributed by atoms with Crippen molar-refractivity contribution in [1.82, 2.24) is 0 Å². The Balaban J connectivity index is 1.90. The summed E-state index contributed by atoms with van der Waals surface area (Å²) in [5.74, 6) is 0.884. The number of hydrogen-bond donors (Lipinski definition) is 0. The van der Waals surface area contributed by atoms with Gasteiger partial charge in [0.2, 0.25) is 0 Å². The summed E-state index contributed by atoms with van der Waals surface area (Å²) in [5, 5.41) is 6.41. The summed E-state index contributed by atoms with van der Waals surface area (Å²) in [6.07, 6.45) is 0. The van der Waals surface area contributed by atoms with Crippen LogP contribution in [-0.4, -0.2) is 0 Å². The van der Waals surface area contributed by atoms with E-state index in [0.29, 0.717) is 0 Å². The molecule has 0 bridgehead atoms. The maximum atomic E-state index is 6.66. The molecule has 1 heterocycles. The quantitative estimate of drug-likeness (QED) is 0.263. The van der Waals surface area contributed by atoms with Gasteiger partial charge in [-0.1, -0.05) is 103 Å². The van der Waals surface area contributed by atoms with Gasteiger partial charge in [0.25, 0.3) is 0 Å². The van der Waals surface area contributed by atoms with Crippen LogP contribution < -0.4 is 0 Å². The van der Waals surface area contributed by atoms with Gasteiger partial charge in [-0.2, -0.15) is 0 Å². The van der Waals surface area contributed by atoms with E-state index in [2.05, 4.69) is 72.8 Å². The van der Waals surface area contributed by atoms with Gasteiger partial charge in [-0.05, 0) is 33.9 Å². The van der Waals surface area contributed by atoms with Crippen molar-refractivity contribution in [2.45, 2.75) is 0 Å². The summed E-state index contributed by atoms with van der Waals surface area (Å²) in [4.78, 5) is 0. The first-order valence-electron chi connectivity index (χ1n) is 9.98. The van der Waals surface area contributed by atoms with Crippen LogP contribution in [0.4, 0.5) is 0 Å². The van der Waals surface area contributed by atoms with Crippen molar-refractivity contribution in [2.24, 2.45) is 0 Å². The SMILES string of the molecule is Clc1ccc2c3ccccc3c3oc(-c4ccccc4)c(-c4ccccc4)c3c2c1. The lowest BCUT2D eigenvalue weighted by molar-refractivity contribution is 0.636. The minimum Gasteiger partial charge on any atom is -0.455 e. The van der Waals surface area contributed by atoms with Crippen molar-refractivity contribution in [2.75, 3.05) is 0 Å². The van der Waals surface area contributed by atoms with Gasteiger partial charge >= 0.3 is 0 Å². The molecule has 0 aliphatic carbocycles. The average molecular weight is 405 g/mol. The molecular formula is C28H17ClO. The number of benzene rings is 5. The summed E-state index contributed by atoms with van der Waals surface area (Å²) in [6.45, 7) is 0. The zero-order chi connectivity index (χ0) is 20.1. The third kappa shape index (κ3) is 2.56. The molecule has 0 spiro atoms. The fraction of sp³-hybridized carbons (Fsp3) is 0. The highest BCUT2D eigenvalue weighted by Crippen LogP contribution is 2.47. The van der Waals surface area contributed by atoms with Gasteiger partial charge in [-0.3, -0.25) is 0 Å². The minimum absolute atomic E-state index is 0.723. The first-order valence-corrected chi connectivity index (χ1v) is 10.4. The third-order valence-electron chi connectivity index (χ3n) is 5.72. The molecule has 0 atom stereocenters. The lowest BCUT2D eigenvalue weighted by Crippen LogP contribution is -1.84. The molecule has 0 amide bonds. The number of halogens is 1. The van der Waals surface area contributed by atoms with Crippen LogP contribution in [0.25, 0.3) is 55.0 Å². The molecule has 0 saturated carbocycles. The highest BCUT2D eigenvalue weighted by molar-refractivity contribution is 6.34. The Bertz CT molecular complexity index is 1530. The Morgan fingerprint density at radius 3 is 1.87 bits per heavy atom. The van der Waals surface area contributed by atoms with E-state index >= 15 is 0 Å². The molecule has 2 heteroatoms. The molecule has 6 aromatic rings. The van der Waals surface area contributed by atoms with Crippen molar-refractivity contribution in [3.05, 3.63) is 108 Å². The molecule has 1 nitrogen and oxygen atoms in total. The Morgan fingerprint density at radius 2 is 1.13 bits per heavy atom. The molecule has 0 aliphatic rings. The standard InChI is InChI=1S/C28H17ClO/c29-20-15-16-22-21-13-7-8-14-23(21)28-26(24(22)17-20)25(18-9-3-1-4-10-18)27(30-28)19-11-5-2-6-12-19/h1-17H. The predicted octanol–water partition coefficient (Wildman–Crippen LogP) is 8.73. The van der Waals surface area contributed by atoms with Gasteiger partial charge in [-0.15, -0.1) is 0 Å². The van der Waals surface area contributed by atoms with E-state index in [1.54, 1.807) is 0 Å². The van der Waals surface area contributed by atoms with Crippen LogP contribution in [0.2, 0.25) is 5.02 Å². The van der Waals surface area contributed by atoms with Gasteiger partial charge in [0.1, 0.15) is 11.3 Å². The van der Waals surface area contributed by atoms with Gasteiger partial charge in [0, 0.05) is 26.9 Å². The van der Waals surface area contributed by atoms with Crippen molar-refractivity contribution in [1.29, 1.82) is 0 Å². The smallest absolute Gasteiger partial charge is 0.143 e. The minimum atomic E-state index is 0.723. The second-order valence-corrected chi connectivity index (χ2v) is 7.91. The first kappa shape index (κ1) is 17.3. The average Bonchev–Trinajstić information content (AvgIpc) is 3.21. The maximum absolute atomic E-state index is 6.66. The highest BCUT2D eigenvalue weighted by atomic mass is 35.5. The topological polar surface area (TPSA) is 13.1 Å². The van der Waals surface area contributed by atoms with Crippen molar-refractivity contribution in [3.8, 4) is 22.5 Å². The van der Waals surface area contributed by atoms with Crippen molar-refractivity contribution < 1.29 is 4.42 Å². The van der Waals surface area contributed by atoms with Gasteiger partial charge in [0.05, 0.1) is 0 Å². The largest absolute Gasteiger partial charge is 0.455 e. The van der Waals surface area contributed by atoms with E-state index in [4.69, 9.17) is 16.0 Å². The van der Waals surface area contributed by atoms with E-state index in [1.807, 2.05) is 30.3 Å². The van der Waals surface area contributed by atoms with Crippen LogP contribution in [0.5, 0.6) is 0 Å². The molecule has 0 aliphatic heterocycles. The van der Waals surface area contributed by atoms with Crippen molar-refractivity contribution >= 4 is 44.1 Å². The summed E-state index contributed by atoms with van der Waals surface area (Å²) in [6, 6.07) is 35.3. The monoisotopic (exact) mass is 404 g/mol. The lowest BCUT2D eigenvalue weighted by Gasteiger charge is -2.08. The molecule has 0 radical (unpaired) electrons. The second-order valence-electron chi connectivity index (χ2n) is 7.48. The van der Waals surface area contributed by atoms with Crippen LogP contribution in [0.1, 0.15) is 0 Å². The Labute approximate surface area is 179 Å². The number of hydrogen-bond acceptors (Lipinski definition) is 1. The number of rotatable bonds is 2. The molecule has 142 valence electrons. The van der Waals surface area contributed by atoms with Gasteiger partial charge in [0.15, 0.2) is 0 Å². The Kier molecular flexibility index (Phi) is 3.90. The first-order chi connectivity index (χ1) is 14.8. The van der Waals surface area contributed by atoms with E-state index < -0.39 is 0 Å². The molecule has 1 aromatic heterocycles. The van der Waals surface area contributed by atoms with E-state index in [1.165, 1.54) is 10.8 Å². The number of furan rings is 1. The maximum Gasteiger partial charge on any atom is 0.143 e. The molecule has 6 rings (SSSR count). The van der Waals surface area contributed by atoms with E-state index in [9.17, 15) is 0 Å². The molecule has 0 unspecified atom stereocenters. The van der Waals surface area contributed by atoms with Crippen LogP contribution >= 0.6 is 11.6 Å². The Morgan fingerprint density at radius 1 is 0.533 bits per heavy atom. The molecule has 30 heavy (non-hydrogen) atoms.